The minimum absolute atomic E-state index is 0.00352. The zero-order valence-corrected chi connectivity index (χ0v) is 9.81. The summed E-state index contributed by atoms with van der Waals surface area (Å²) in [5, 5.41) is 9.85. The molecule has 4 heteroatoms. The van der Waals surface area contributed by atoms with Crippen molar-refractivity contribution in [1.29, 1.82) is 0 Å². The molecule has 1 aromatic rings. The summed E-state index contributed by atoms with van der Waals surface area (Å²) in [6, 6.07) is 7.49. The molecule has 2 rings (SSSR count). The van der Waals surface area contributed by atoms with Gasteiger partial charge in [-0.3, -0.25) is 4.79 Å². The van der Waals surface area contributed by atoms with E-state index in [0.29, 0.717) is 11.6 Å². The molecule has 1 fully saturated rings. The van der Waals surface area contributed by atoms with Crippen molar-refractivity contribution in [3.63, 3.8) is 0 Å². The molecule has 1 saturated heterocycles. The van der Waals surface area contributed by atoms with Gasteiger partial charge in [0.05, 0.1) is 5.92 Å². The Morgan fingerprint density at radius 1 is 1.44 bits per heavy atom. The van der Waals surface area contributed by atoms with Crippen LogP contribution in [0.3, 0.4) is 0 Å². The maximum Gasteiger partial charge on any atom is 0.308 e. The van der Waals surface area contributed by atoms with Crippen LogP contribution in [0.15, 0.2) is 24.3 Å². The van der Waals surface area contributed by atoms with Gasteiger partial charge in [0.25, 0.3) is 0 Å². The number of likely N-dealkylation sites (N-methyl/N-ethyl adjacent to an activating group) is 1. The molecule has 1 aliphatic heterocycles. The largest absolute Gasteiger partial charge is 0.481 e. The van der Waals surface area contributed by atoms with E-state index in [0.717, 1.165) is 12.1 Å². The van der Waals surface area contributed by atoms with Gasteiger partial charge < -0.3 is 10.0 Å². The average Bonchev–Trinajstić information content (AvgIpc) is 2.61. The van der Waals surface area contributed by atoms with Crippen LogP contribution in [0.5, 0.6) is 0 Å². The van der Waals surface area contributed by atoms with Gasteiger partial charge in [-0.25, -0.2) is 0 Å². The number of carboxylic acids is 1. The first-order chi connectivity index (χ1) is 7.59. The summed E-state index contributed by atoms with van der Waals surface area (Å²) in [4.78, 5) is 13.2. The highest BCUT2D eigenvalue weighted by Crippen LogP contribution is 2.35. The fourth-order valence-corrected chi connectivity index (χ4v) is 2.62. The maximum absolute atomic E-state index is 11.2. The number of nitrogens with zero attached hydrogens (tertiary/aromatic N) is 1. The second kappa shape index (κ2) is 4.44. The lowest BCUT2D eigenvalue weighted by Gasteiger charge is -2.16. The Morgan fingerprint density at radius 2 is 2.12 bits per heavy atom. The van der Waals surface area contributed by atoms with Crippen molar-refractivity contribution in [1.82, 2.24) is 4.90 Å². The van der Waals surface area contributed by atoms with Gasteiger partial charge in [0.1, 0.15) is 0 Å². The molecule has 0 aromatic heterocycles. The first-order valence-corrected chi connectivity index (χ1v) is 5.63. The highest BCUT2D eigenvalue weighted by Gasteiger charge is 2.37. The van der Waals surface area contributed by atoms with E-state index in [2.05, 4.69) is 0 Å². The zero-order chi connectivity index (χ0) is 11.7. The van der Waals surface area contributed by atoms with Crippen LogP contribution in [0.1, 0.15) is 11.5 Å². The van der Waals surface area contributed by atoms with E-state index in [-0.39, 0.29) is 11.8 Å². The normalized spacial score (nSPS) is 25.9. The zero-order valence-electron chi connectivity index (χ0n) is 9.06. The molecule has 0 saturated carbocycles. The van der Waals surface area contributed by atoms with Gasteiger partial charge in [0.2, 0.25) is 0 Å². The molecular weight excluding hydrogens is 226 g/mol. The third-order valence-corrected chi connectivity index (χ3v) is 3.47. The lowest BCUT2D eigenvalue weighted by atomic mass is 9.89. The highest BCUT2D eigenvalue weighted by molar-refractivity contribution is 6.31. The van der Waals surface area contributed by atoms with Crippen LogP contribution in [0, 0.1) is 5.92 Å². The molecule has 1 aromatic carbocycles. The molecule has 86 valence electrons. The van der Waals surface area contributed by atoms with Crippen molar-refractivity contribution in [2.45, 2.75) is 5.92 Å². The van der Waals surface area contributed by atoms with Crippen LogP contribution in [-0.4, -0.2) is 36.1 Å². The Bertz CT molecular complexity index is 408. The van der Waals surface area contributed by atoms with E-state index in [4.69, 9.17) is 11.6 Å². The van der Waals surface area contributed by atoms with E-state index in [1.165, 1.54) is 0 Å². The minimum Gasteiger partial charge on any atom is -0.481 e. The topological polar surface area (TPSA) is 40.5 Å². The molecule has 1 heterocycles. The number of carboxylic acid groups (broad SMARTS) is 1. The van der Waals surface area contributed by atoms with E-state index in [1.807, 2.05) is 36.2 Å². The number of rotatable bonds is 2. The third-order valence-electron chi connectivity index (χ3n) is 3.12. The van der Waals surface area contributed by atoms with Crippen molar-refractivity contribution in [3.8, 4) is 0 Å². The van der Waals surface area contributed by atoms with Crippen LogP contribution in [0.25, 0.3) is 0 Å². The molecule has 0 spiro atoms. The molecule has 16 heavy (non-hydrogen) atoms. The van der Waals surface area contributed by atoms with Gasteiger partial charge in [-0.15, -0.1) is 0 Å². The number of hydrogen-bond donors (Lipinski definition) is 1. The Labute approximate surface area is 99.6 Å². The van der Waals surface area contributed by atoms with Crippen molar-refractivity contribution >= 4 is 17.6 Å². The van der Waals surface area contributed by atoms with Crippen LogP contribution in [0.4, 0.5) is 0 Å². The standard InChI is InChI=1S/C12H14ClNO2/c1-14-6-9(10(7-14)12(15)16)8-4-2-3-5-11(8)13/h2-5,9-10H,6-7H2,1H3,(H,15,16)/t9-,10-/m1/s1. The quantitative estimate of drug-likeness (QED) is 0.859. The van der Waals surface area contributed by atoms with Gasteiger partial charge in [-0.05, 0) is 18.7 Å². The van der Waals surface area contributed by atoms with E-state index >= 15 is 0 Å². The smallest absolute Gasteiger partial charge is 0.308 e. The lowest BCUT2D eigenvalue weighted by Crippen LogP contribution is -2.21. The fraction of sp³-hybridized carbons (Fsp3) is 0.417. The molecule has 2 atom stereocenters. The Kier molecular flexibility index (Phi) is 3.17. The van der Waals surface area contributed by atoms with Crippen LogP contribution >= 0.6 is 11.6 Å². The molecule has 0 unspecified atom stereocenters. The van der Waals surface area contributed by atoms with Gasteiger partial charge in [-0.1, -0.05) is 29.8 Å². The second-order valence-corrected chi connectivity index (χ2v) is 4.70. The van der Waals surface area contributed by atoms with Crippen molar-refractivity contribution in [3.05, 3.63) is 34.9 Å². The summed E-state index contributed by atoms with van der Waals surface area (Å²) in [6.45, 7) is 1.34. The molecule has 0 bridgehead atoms. The fourth-order valence-electron chi connectivity index (χ4n) is 2.34. The predicted molar refractivity (Wildman–Crippen MR) is 62.8 cm³/mol. The van der Waals surface area contributed by atoms with Crippen molar-refractivity contribution in [2.24, 2.45) is 5.92 Å². The Hall–Kier alpha value is -1.06. The number of likely N-dealkylation sites (tertiary alicyclic amines) is 1. The molecule has 0 aliphatic carbocycles. The minimum atomic E-state index is -0.741. The molecule has 0 radical (unpaired) electrons. The van der Waals surface area contributed by atoms with Crippen molar-refractivity contribution < 1.29 is 9.90 Å². The highest BCUT2D eigenvalue weighted by atomic mass is 35.5. The van der Waals surface area contributed by atoms with E-state index < -0.39 is 5.97 Å². The Morgan fingerprint density at radius 3 is 2.75 bits per heavy atom. The number of carbonyl (C=O) groups is 1. The summed E-state index contributed by atoms with van der Waals surface area (Å²) in [5.74, 6) is -1.10. The van der Waals surface area contributed by atoms with Crippen LogP contribution in [0.2, 0.25) is 5.02 Å². The summed E-state index contributed by atoms with van der Waals surface area (Å²) in [5.41, 5.74) is 0.945. The molecule has 3 nitrogen and oxygen atoms in total. The molecular formula is C12H14ClNO2. The van der Waals surface area contributed by atoms with Gasteiger partial charge in [0.15, 0.2) is 0 Å². The summed E-state index contributed by atoms with van der Waals surface area (Å²) in [6.07, 6.45) is 0. The summed E-state index contributed by atoms with van der Waals surface area (Å²) in [7, 11) is 1.94. The summed E-state index contributed by atoms with van der Waals surface area (Å²) >= 11 is 6.11. The van der Waals surface area contributed by atoms with Gasteiger partial charge in [-0.2, -0.15) is 0 Å². The first-order valence-electron chi connectivity index (χ1n) is 5.25. The number of halogens is 1. The first kappa shape index (κ1) is 11.4. The average molecular weight is 240 g/mol. The molecule has 1 N–H and O–H groups in total. The third kappa shape index (κ3) is 2.06. The SMILES string of the molecule is CN1C[C@H](c2ccccc2Cl)[C@H](C(=O)O)C1. The van der Waals surface area contributed by atoms with Crippen molar-refractivity contribution in [2.75, 3.05) is 20.1 Å². The predicted octanol–water partition coefficient (Wildman–Crippen LogP) is 2.07. The monoisotopic (exact) mass is 239 g/mol. The van der Waals surface area contributed by atoms with Gasteiger partial charge >= 0.3 is 5.97 Å². The van der Waals surface area contributed by atoms with Gasteiger partial charge in [0, 0.05) is 24.0 Å². The maximum atomic E-state index is 11.2. The number of aliphatic carboxylic acids is 1. The summed E-state index contributed by atoms with van der Waals surface area (Å²) < 4.78 is 0. The lowest BCUT2D eigenvalue weighted by molar-refractivity contribution is -0.141. The number of hydrogen-bond acceptors (Lipinski definition) is 2. The Balaban J connectivity index is 2.33. The molecule has 1 aliphatic rings. The van der Waals surface area contributed by atoms with Crippen LogP contribution in [-0.2, 0) is 4.79 Å². The molecule has 0 amide bonds. The van der Waals surface area contributed by atoms with E-state index in [9.17, 15) is 9.90 Å². The number of benzene rings is 1. The second-order valence-electron chi connectivity index (χ2n) is 4.29. The van der Waals surface area contributed by atoms with Crippen LogP contribution < -0.4 is 0 Å². The van der Waals surface area contributed by atoms with E-state index in [1.54, 1.807) is 0 Å².